The van der Waals surface area contributed by atoms with E-state index in [0.717, 1.165) is 30.1 Å². The lowest BCUT2D eigenvalue weighted by atomic mass is 9.94. The summed E-state index contributed by atoms with van der Waals surface area (Å²) in [6, 6.07) is 9.02. The van der Waals surface area contributed by atoms with Gasteiger partial charge in [0.1, 0.15) is 12.4 Å². The Hall–Kier alpha value is -2.74. The van der Waals surface area contributed by atoms with Crippen LogP contribution in [0.2, 0.25) is 0 Å². The molecule has 2 atom stereocenters. The molecule has 2 fully saturated rings. The average Bonchev–Trinajstić information content (AvgIpc) is 3.14. The van der Waals surface area contributed by atoms with Gasteiger partial charge in [0.15, 0.2) is 11.9 Å². The zero-order valence-electron chi connectivity index (χ0n) is 15.2. The SMILES string of the molecule is Cc1nc(C2CCN(C(=O)[C@H]3OCC(=O)N[C@@H]3c3ccccc3)CC2)n[nH]1. The summed E-state index contributed by atoms with van der Waals surface area (Å²) in [7, 11) is 0. The number of rotatable bonds is 3. The summed E-state index contributed by atoms with van der Waals surface area (Å²) < 4.78 is 5.65. The Morgan fingerprint density at radius 1 is 1.22 bits per heavy atom. The topological polar surface area (TPSA) is 100 Å². The van der Waals surface area contributed by atoms with Crippen molar-refractivity contribution >= 4 is 11.8 Å². The Morgan fingerprint density at radius 3 is 2.63 bits per heavy atom. The minimum atomic E-state index is -0.701. The molecular formula is C19H23N5O3. The van der Waals surface area contributed by atoms with Gasteiger partial charge in [-0.05, 0) is 25.3 Å². The summed E-state index contributed by atoms with van der Waals surface area (Å²) >= 11 is 0. The second kappa shape index (κ2) is 7.48. The Bertz CT molecular complexity index is 814. The van der Waals surface area contributed by atoms with E-state index < -0.39 is 12.1 Å². The van der Waals surface area contributed by atoms with Crippen molar-refractivity contribution in [2.45, 2.75) is 37.8 Å². The Kier molecular flexibility index (Phi) is 4.89. The number of H-pyrrole nitrogens is 1. The first kappa shape index (κ1) is 17.7. The van der Waals surface area contributed by atoms with Crippen LogP contribution in [-0.2, 0) is 14.3 Å². The molecule has 0 saturated carbocycles. The standard InChI is InChI=1S/C19H23N5O3/c1-12-20-18(23-22-12)14-7-9-24(10-8-14)19(26)17-16(21-15(25)11-27-17)13-5-3-2-4-6-13/h2-6,14,16-17H,7-11H2,1H3,(H,21,25)(H,20,22,23)/t16-,17+/m1/s1. The first-order valence-corrected chi connectivity index (χ1v) is 9.25. The van der Waals surface area contributed by atoms with E-state index in [0.29, 0.717) is 13.1 Å². The van der Waals surface area contributed by atoms with Crippen LogP contribution < -0.4 is 5.32 Å². The van der Waals surface area contributed by atoms with Gasteiger partial charge in [0, 0.05) is 19.0 Å². The number of hydrogen-bond acceptors (Lipinski definition) is 5. The van der Waals surface area contributed by atoms with Gasteiger partial charge in [0.2, 0.25) is 5.91 Å². The number of likely N-dealkylation sites (tertiary alicyclic amines) is 1. The number of nitrogens with zero attached hydrogens (tertiary/aromatic N) is 3. The number of piperidine rings is 1. The van der Waals surface area contributed by atoms with Crippen LogP contribution in [-0.4, -0.2) is 57.7 Å². The summed E-state index contributed by atoms with van der Waals surface area (Å²) in [5.41, 5.74) is 0.870. The largest absolute Gasteiger partial charge is 0.356 e. The molecule has 2 amide bonds. The van der Waals surface area contributed by atoms with E-state index in [9.17, 15) is 9.59 Å². The maximum absolute atomic E-state index is 13.1. The second-order valence-corrected chi connectivity index (χ2v) is 7.07. The zero-order chi connectivity index (χ0) is 18.8. The van der Waals surface area contributed by atoms with Gasteiger partial charge in [-0.2, -0.15) is 5.10 Å². The lowest BCUT2D eigenvalue weighted by Gasteiger charge is -2.37. The fourth-order valence-electron chi connectivity index (χ4n) is 3.77. The zero-order valence-corrected chi connectivity index (χ0v) is 15.2. The summed E-state index contributed by atoms with van der Waals surface area (Å²) in [4.78, 5) is 31.2. The molecule has 0 unspecified atom stereocenters. The number of aromatic amines is 1. The molecule has 1 aromatic heterocycles. The van der Waals surface area contributed by atoms with Crippen LogP contribution in [0.4, 0.5) is 0 Å². The van der Waals surface area contributed by atoms with Crippen LogP contribution in [0.5, 0.6) is 0 Å². The summed E-state index contributed by atoms with van der Waals surface area (Å²) in [5, 5.41) is 10.0. The maximum atomic E-state index is 13.1. The first-order chi connectivity index (χ1) is 13.1. The van der Waals surface area contributed by atoms with Crippen molar-refractivity contribution in [3.8, 4) is 0 Å². The van der Waals surface area contributed by atoms with Gasteiger partial charge < -0.3 is 15.0 Å². The van der Waals surface area contributed by atoms with Crippen LogP contribution in [0.15, 0.2) is 30.3 Å². The number of aromatic nitrogens is 3. The minimum absolute atomic E-state index is 0.0755. The van der Waals surface area contributed by atoms with Gasteiger partial charge >= 0.3 is 0 Å². The molecule has 2 N–H and O–H groups in total. The fraction of sp³-hybridized carbons (Fsp3) is 0.474. The van der Waals surface area contributed by atoms with Gasteiger partial charge in [0.25, 0.3) is 5.91 Å². The molecule has 2 saturated heterocycles. The second-order valence-electron chi connectivity index (χ2n) is 7.07. The average molecular weight is 369 g/mol. The smallest absolute Gasteiger partial charge is 0.254 e. The molecule has 1 aromatic carbocycles. The molecule has 0 aliphatic carbocycles. The Labute approximate surface area is 157 Å². The summed E-state index contributed by atoms with van der Waals surface area (Å²) in [6.45, 7) is 3.05. The third-order valence-electron chi connectivity index (χ3n) is 5.20. The first-order valence-electron chi connectivity index (χ1n) is 9.25. The van der Waals surface area contributed by atoms with E-state index >= 15 is 0 Å². The molecule has 2 aliphatic heterocycles. The molecule has 0 spiro atoms. The van der Waals surface area contributed by atoms with Gasteiger partial charge in [-0.15, -0.1) is 0 Å². The monoisotopic (exact) mass is 369 g/mol. The number of carbonyl (C=O) groups excluding carboxylic acids is 2. The summed E-state index contributed by atoms with van der Waals surface area (Å²) in [5.74, 6) is 1.61. The van der Waals surface area contributed by atoms with Gasteiger partial charge in [0.05, 0.1) is 6.04 Å². The molecule has 142 valence electrons. The lowest BCUT2D eigenvalue weighted by Crippen LogP contribution is -2.54. The molecule has 8 nitrogen and oxygen atoms in total. The van der Waals surface area contributed by atoms with Crippen LogP contribution in [0.3, 0.4) is 0 Å². The van der Waals surface area contributed by atoms with E-state index in [2.05, 4.69) is 20.5 Å². The third-order valence-corrected chi connectivity index (χ3v) is 5.20. The molecule has 8 heteroatoms. The van der Waals surface area contributed by atoms with E-state index in [4.69, 9.17) is 4.74 Å². The van der Waals surface area contributed by atoms with Crippen molar-refractivity contribution in [3.05, 3.63) is 47.5 Å². The van der Waals surface area contributed by atoms with Crippen molar-refractivity contribution in [2.75, 3.05) is 19.7 Å². The number of morpholine rings is 1. The van der Waals surface area contributed by atoms with E-state index in [-0.39, 0.29) is 24.3 Å². The molecule has 0 bridgehead atoms. The van der Waals surface area contributed by atoms with Gasteiger partial charge in [-0.25, -0.2) is 4.98 Å². The van der Waals surface area contributed by atoms with Crippen molar-refractivity contribution in [1.82, 2.24) is 25.4 Å². The fourth-order valence-corrected chi connectivity index (χ4v) is 3.77. The molecule has 27 heavy (non-hydrogen) atoms. The number of benzene rings is 1. The van der Waals surface area contributed by atoms with Crippen molar-refractivity contribution < 1.29 is 14.3 Å². The van der Waals surface area contributed by atoms with Crippen molar-refractivity contribution in [2.24, 2.45) is 0 Å². The van der Waals surface area contributed by atoms with Gasteiger partial charge in [-0.1, -0.05) is 30.3 Å². The van der Waals surface area contributed by atoms with Crippen LogP contribution in [0.1, 0.15) is 42.0 Å². The molecular weight excluding hydrogens is 346 g/mol. The predicted octanol–water partition coefficient (Wildman–Crippen LogP) is 1.08. The number of hydrogen-bond donors (Lipinski definition) is 2. The molecule has 0 radical (unpaired) electrons. The van der Waals surface area contributed by atoms with Crippen LogP contribution in [0.25, 0.3) is 0 Å². The normalized spacial score (nSPS) is 23.9. The number of ether oxygens (including phenoxy) is 1. The van der Waals surface area contributed by atoms with Gasteiger partial charge in [-0.3, -0.25) is 14.7 Å². The lowest BCUT2D eigenvalue weighted by molar-refractivity contribution is -0.156. The highest BCUT2D eigenvalue weighted by Crippen LogP contribution is 2.29. The molecule has 2 aromatic rings. The van der Waals surface area contributed by atoms with Crippen molar-refractivity contribution in [3.63, 3.8) is 0 Å². The van der Waals surface area contributed by atoms with Crippen LogP contribution >= 0.6 is 0 Å². The number of carbonyl (C=O) groups is 2. The predicted molar refractivity (Wildman–Crippen MR) is 96.7 cm³/mol. The summed E-state index contributed by atoms with van der Waals surface area (Å²) in [6.07, 6.45) is 0.934. The number of aryl methyl sites for hydroxylation is 1. The number of nitrogens with one attached hydrogen (secondary N) is 2. The number of amides is 2. The Balaban J connectivity index is 1.44. The highest BCUT2D eigenvalue weighted by molar-refractivity contribution is 5.86. The molecule has 3 heterocycles. The van der Waals surface area contributed by atoms with Crippen LogP contribution in [0, 0.1) is 6.92 Å². The highest BCUT2D eigenvalue weighted by Gasteiger charge is 2.39. The van der Waals surface area contributed by atoms with Crippen molar-refractivity contribution in [1.29, 1.82) is 0 Å². The minimum Gasteiger partial charge on any atom is -0.356 e. The van der Waals surface area contributed by atoms with E-state index in [1.807, 2.05) is 42.2 Å². The van der Waals surface area contributed by atoms with E-state index in [1.165, 1.54) is 0 Å². The maximum Gasteiger partial charge on any atom is 0.254 e. The highest BCUT2D eigenvalue weighted by atomic mass is 16.5. The third kappa shape index (κ3) is 3.71. The molecule has 2 aliphatic rings. The Morgan fingerprint density at radius 2 is 1.96 bits per heavy atom. The quantitative estimate of drug-likeness (QED) is 0.843. The molecule has 4 rings (SSSR count). The van der Waals surface area contributed by atoms with E-state index in [1.54, 1.807) is 0 Å².